The van der Waals surface area contributed by atoms with Crippen LogP contribution in [0.5, 0.6) is 0 Å². The van der Waals surface area contributed by atoms with Crippen LogP contribution in [0.4, 0.5) is 22.5 Å². The van der Waals surface area contributed by atoms with Gasteiger partial charge >= 0.3 is 0 Å². The van der Waals surface area contributed by atoms with E-state index in [-0.39, 0.29) is 0 Å². The van der Waals surface area contributed by atoms with Gasteiger partial charge in [-0.3, -0.25) is 0 Å². The van der Waals surface area contributed by atoms with Gasteiger partial charge in [0.15, 0.2) is 16.8 Å². The quantitative estimate of drug-likeness (QED) is 0.158. The molecule has 0 unspecified atom stereocenters. The van der Waals surface area contributed by atoms with Gasteiger partial charge in [0.1, 0.15) is 12.0 Å². The first-order valence-corrected chi connectivity index (χ1v) is 14.1. The lowest BCUT2D eigenvalue weighted by atomic mass is 10.0. The summed E-state index contributed by atoms with van der Waals surface area (Å²) >= 11 is 1.59. The van der Waals surface area contributed by atoms with E-state index in [0.717, 1.165) is 28.3 Å². The van der Waals surface area contributed by atoms with Crippen LogP contribution in [-0.4, -0.2) is 21.5 Å². The minimum absolute atomic E-state index is 0.534. The van der Waals surface area contributed by atoms with E-state index in [1.807, 2.05) is 18.2 Å². The number of benzene rings is 1. The lowest BCUT2D eigenvalue weighted by Crippen LogP contribution is -2.09. The summed E-state index contributed by atoms with van der Waals surface area (Å²) in [5, 5.41) is 7.41. The highest BCUT2D eigenvalue weighted by molar-refractivity contribution is 7.22. The number of anilines is 4. The largest absolute Gasteiger partial charge is 0.393 e. The number of nitrogens with one attached hydrogen (secondary N) is 2. The standard InChI is InChI=1S/C27H42N6S/c1-2-3-4-5-6-7-8-9-10-11-12-13-14-17-20-29-25-24(28)26(31-21-30-25)33-27-32-22-18-15-16-19-23(22)34-27/h15-16,18-19,21H,2-14,17,20,28H2,1H3,(H2,29,30,31,32,33). The topological polar surface area (TPSA) is 88.8 Å². The number of thiazole rings is 1. The van der Waals surface area contributed by atoms with E-state index < -0.39 is 0 Å². The van der Waals surface area contributed by atoms with Gasteiger partial charge in [-0.25, -0.2) is 15.0 Å². The molecule has 0 radical (unpaired) electrons. The van der Waals surface area contributed by atoms with Crippen LogP contribution in [0.25, 0.3) is 10.2 Å². The molecule has 2 aromatic heterocycles. The Hall–Kier alpha value is -2.41. The Morgan fingerprint density at radius 1 is 0.765 bits per heavy atom. The number of nitrogens with two attached hydrogens (primary N) is 1. The molecule has 1 aromatic carbocycles. The van der Waals surface area contributed by atoms with Crippen LogP contribution >= 0.6 is 11.3 Å². The Kier molecular flexibility index (Phi) is 11.9. The fraction of sp³-hybridized carbons (Fsp3) is 0.593. The molecule has 2 heterocycles. The Morgan fingerprint density at radius 3 is 2.00 bits per heavy atom. The van der Waals surface area contributed by atoms with Gasteiger partial charge in [0.2, 0.25) is 0 Å². The van der Waals surface area contributed by atoms with E-state index in [4.69, 9.17) is 5.73 Å². The average molecular weight is 483 g/mol. The molecule has 34 heavy (non-hydrogen) atoms. The maximum atomic E-state index is 6.31. The second kappa shape index (κ2) is 15.5. The monoisotopic (exact) mass is 482 g/mol. The summed E-state index contributed by atoms with van der Waals surface area (Å²) in [6.07, 6.45) is 20.7. The van der Waals surface area contributed by atoms with Crippen LogP contribution < -0.4 is 16.4 Å². The Balaban J connectivity index is 1.24. The van der Waals surface area contributed by atoms with E-state index in [0.29, 0.717) is 17.3 Å². The van der Waals surface area contributed by atoms with E-state index in [2.05, 4.69) is 38.6 Å². The number of para-hydroxylation sites is 1. The SMILES string of the molecule is CCCCCCCCCCCCCCCCNc1ncnc(Nc2nc3ccccc3s2)c1N. The number of aromatic nitrogens is 3. The highest BCUT2D eigenvalue weighted by atomic mass is 32.1. The van der Waals surface area contributed by atoms with Crippen molar-refractivity contribution in [1.82, 2.24) is 15.0 Å². The Bertz CT molecular complexity index is 924. The zero-order chi connectivity index (χ0) is 23.8. The molecule has 0 atom stereocenters. The van der Waals surface area contributed by atoms with Gasteiger partial charge in [0.25, 0.3) is 0 Å². The van der Waals surface area contributed by atoms with Gasteiger partial charge in [-0.1, -0.05) is 114 Å². The van der Waals surface area contributed by atoms with Gasteiger partial charge in [-0.15, -0.1) is 0 Å². The summed E-state index contributed by atoms with van der Waals surface area (Å²) in [6, 6.07) is 8.07. The smallest absolute Gasteiger partial charge is 0.189 e. The molecule has 0 bridgehead atoms. The molecule has 6 nitrogen and oxygen atoms in total. The maximum Gasteiger partial charge on any atom is 0.189 e. The number of nitrogens with zero attached hydrogens (tertiary/aromatic N) is 3. The summed E-state index contributed by atoms with van der Waals surface area (Å²) < 4.78 is 1.13. The normalized spacial score (nSPS) is 11.2. The van der Waals surface area contributed by atoms with Crippen molar-refractivity contribution in [3.05, 3.63) is 30.6 Å². The van der Waals surface area contributed by atoms with Crippen molar-refractivity contribution in [2.75, 3.05) is 22.9 Å². The summed E-state index contributed by atoms with van der Waals surface area (Å²) in [5.41, 5.74) is 7.82. The number of unbranched alkanes of at least 4 members (excludes halogenated alkanes) is 13. The van der Waals surface area contributed by atoms with Gasteiger partial charge in [0, 0.05) is 6.54 Å². The number of hydrogen-bond donors (Lipinski definition) is 3. The Labute approximate surface area is 209 Å². The molecule has 186 valence electrons. The number of rotatable bonds is 18. The van der Waals surface area contributed by atoms with Gasteiger partial charge in [0.05, 0.1) is 10.2 Å². The van der Waals surface area contributed by atoms with Crippen molar-refractivity contribution in [3.8, 4) is 0 Å². The lowest BCUT2D eigenvalue weighted by molar-refractivity contribution is 0.537. The van der Waals surface area contributed by atoms with E-state index in [1.165, 1.54) is 83.5 Å². The van der Waals surface area contributed by atoms with Crippen LogP contribution in [0.15, 0.2) is 30.6 Å². The van der Waals surface area contributed by atoms with Crippen LogP contribution in [0.2, 0.25) is 0 Å². The molecule has 3 rings (SSSR count). The minimum atomic E-state index is 0.534. The van der Waals surface area contributed by atoms with Crippen LogP contribution in [-0.2, 0) is 0 Å². The van der Waals surface area contributed by atoms with E-state index in [1.54, 1.807) is 17.7 Å². The highest BCUT2D eigenvalue weighted by Gasteiger charge is 2.10. The van der Waals surface area contributed by atoms with Crippen molar-refractivity contribution in [1.29, 1.82) is 0 Å². The van der Waals surface area contributed by atoms with Crippen molar-refractivity contribution >= 4 is 44.0 Å². The molecule has 0 spiro atoms. The molecule has 0 saturated heterocycles. The van der Waals surface area contributed by atoms with Gasteiger partial charge < -0.3 is 16.4 Å². The number of fused-ring (bicyclic) bond motifs is 1. The van der Waals surface area contributed by atoms with Crippen molar-refractivity contribution in [3.63, 3.8) is 0 Å². The predicted molar refractivity (Wildman–Crippen MR) is 148 cm³/mol. The molecule has 0 fully saturated rings. The molecular weight excluding hydrogens is 440 g/mol. The molecule has 0 aliphatic rings. The number of hydrogen-bond acceptors (Lipinski definition) is 7. The first-order valence-electron chi connectivity index (χ1n) is 13.2. The van der Waals surface area contributed by atoms with Crippen LogP contribution in [0, 0.1) is 0 Å². The predicted octanol–water partition coefficient (Wildman–Crippen LogP) is 8.31. The lowest BCUT2D eigenvalue weighted by Gasteiger charge is -2.11. The van der Waals surface area contributed by atoms with Gasteiger partial charge in [-0.2, -0.15) is 0 Å². The highest BCUT2D eigenvalue weighted by Crippen LogP contribution is 2.31. The maximum absolute atomic E-state index is 6.31. The molecule has 4 N–H and O–H groups in total. The average Bonchev–Trinajstić information content (AvgIpc) is 3.26. The van der Waals surface area contributed by atoms with E-state index >= 15 is 0 Å². The van der Waals surface area contributed by atoms with Crippen molar-refractivity contribution in [2.45, 2.75) is 96.8 Å². The van der Waals surface area contributed by atoms with Crippen LogP contribution in [0.3, 0.4) is 0 Å². The fourth-order valence-corrected chi connectivity index (χ4v) is 5.05. The molecule has 0 saturated carbocycles. The summed E-state index contributed by atoms with van der Waals surface area (Å²) in [7, 11) is 0. The zero-order valence-electron chi connectivity index (χ0n) is 20.8. The third kappa shape index (κ3) is 9.09. The summed E-state index contributed by atoms with van der Waals surface area (Å²) in [4.78, 5) is 13.2. The zero-order valence-corrected chi connectivity index (χ0v) is 21.6. The van der Waals surface area contributed by atoms with Crippen LogP contribution in [0.1, 0.15) is 96.8 Å². The molecule has 0 aliphatic heterocycles. The molecule has 0 amide bonds. The first-order chi connectivity index (χ1) is 16.8. The van der Waals surface area contributed by atoms with Crippen molar-refractivity contribution < 1.29 is 0 Å². The Morgan fingerprint density at radius 2 is 1.35 bits per heavy atom. The summed E-state index contributed by atoms with van der Waals surface area (Å²) in [6.45, 7) is 3.16. The number of nitrogen functional groups attached to an aromatic ring is 1. The summed E-state index contributed by atoms with van der Waals surface area (Å²) in [5.74, 6) is 1.28. The second-order valence-corrected chi connectivity index (χ2v) is 10.1. The molecule has 0 aliphatic carbocycles. The second-order valence-electron chi connectivity index (χ2n) is 9.12. The third-order valence-corrected chi connectivity index (χ3v) is 7.18. The molecule has 7 heteroatoms. The molecular formula is C27H42N6S. The molecule has 3 aromatic rings. The van der Waals surface area contributed by atoms with Crippen molar-refractivity contribution in [2.24, 2.45) is 0 Å². The van der Waals surface area contributed by atoms with Gasteiger partial charge in [-0.05, 0) is 18.6 Å². The minimum Gasteiger partial charge on any atom is -0.393 e. The third-order valence-electron chi connectivity index (χ3n) is 6.23. The fourth-order valence-electron chi connectivity index (χ4n) is 4.19. The first kappa shape index (κ1) is 26.2. The van der Waals surface area contributed by atoms with E-state index in [9.17, 15) is 0 Å².